The number of benzene rings is 2. The van der Waals surface area contributed by atoms with E-state index in [-0.39, 0.29) is 11.6 Å². The first-order valence-electron chi connectivity index (χ1n) is 10.7. The fourth-order valence-corrected chi connectivity index (χ4v) is 4.63. The predicted molar refractivity (Wildman–Crippen MR) is 114 cm³/mol. The molecule has 0 aromatic heterocycles. The maximum absolute atomic E-state index is 13.6. The topological polar surface area (TPSA) is 41.6 Å². The zero-order valence-corrected chi connectivity index (χ0v) is 17.6. The molecular weight excluding hydrogens is 405 g/mol. The molecule has 1 heterocycles. The largest absolute Gasteiger partial charge is 0.416 e. The molecule has 31 heavy (non-hydrogen) atoms. The summed E-state index contributed by atoms with van der Waals surface area (Å²) in [6.45, 7) is 4.13. The molecule has 1 saturated carbocycles. The van der Waals surface area contributed by atoms with Crippen LogP contribution in [0.4, 0.5) is 24.5 Å². The molecule has 4 rings (SSSR count). The van der Waals surface area contributed by atoms with Crippen LogP contribution in [-0.4, -0.2) is 32.2 Å². The summed E-state index contributed by atoms with van der Waals surface area (Å²) in [6, 6.07) is 11.5. The number of halogens is 3. The highest BCUT2D eigenvalue weighted by molar-refractivity contribution is 6.01. The molecule has 2 aromatic rings. The number of nitrogens with zero attached hydrogens (tertiary/aromatic N) is 1. The molecule has 2 aromatic carbocycles. The number of hydrogen-bond donors (Lipinski definition) is 1. The van der Waals surface area contributed by atoms with E-state index in [2.05, 4.69) is 5.32 Å². The molecule has 4 nitrogen and oxygen atoms in total. The fraction of sp³-hybridized carbons (Fsp3) is 0.458. The van der Waals surface area contributed by atoms with Crippen LogP contribution >= 0.6 is 0 Å². The number of hydrogen-bond acceptors (Lipinski definition) is 3. The van der Waals surface area contributed by atoms with Gasteiger partial charge in [0.2, 0.25) is 5.91 Å². The highest BCUT2D eigenvalue weighted by Gasteiger charge is 2.43. The number of aryl methyl sites for hydroxylation is 1. The third-order valence-electron chi connectivity index (χ3n) is 6.42. The molecule has 0 bridgehead atoms. The van der Waals surface area contributed by atoms with E-state index in [0.717, 1.165) is 36.1 Å². The summed E-state index contributed by atoms with van der Waals surface area (Å²) >= 11 is 0. The predicted octanol–water partition coefficient (Wildman–Crippen LogP) is 5.30. The molecule has 1 aliphatic carbocycles. The maximum atomic E-state index is 13.6. The smallest absolute Gasteiger partial charge is 0.378 e. The van der Waals surface area contributed by atoms with E-state index >= 15 is 0 Å². The average molecular weight is 432 g/mol. The number of anilines is 2. The Morgan fingerprint density at radius 3 is 2.29 bits per heavy atom. The molecule has 2 fully saturated rings. The first kappa shape index (κ1) is 21.7. The first-order valence-corrected chi connectivity index (χ1v) is 10.7. The van der Waals surface area contributed by atoms with Gasteiger partial charge in [-0.2, -0.15) is 13.2 Å². The van der Waals surface area contributed by atoms with Crippen molar-refractivity contribution in [2.24, 2.45) is 0 Å². The van der Waals surface area contributed by atoms with Crippen molar-refractivity contribution in [1.82, 2.24) is 0 Å². The molecule has 166 valence electrons. The second-order valence-corrected chi connectivity index (χ2v) is 8.44. The summed E-state index contributed by atoms with van der Waals surface area (Å²) in [7, 11) is 0. The Morgan fingerprint density at radius 1 is 1.03 bits per heavy atom. The minimum atomic E-state index is -4.48. The van der Waals surface area contributed by atoms with E-state index in [0.29, 0.717) is 44.8 Å². The van der Waals surface area contributed by atoms with Gasteiger partial charge in [0.05, 0.1) is 35.6 Å². The normalized spacial score (nSPS) is 18.8. The van der Waals surface area contributed by atoms with Crippen LogP contribution in [-0.2, 0) is 21.1 Å². The fourth-order valence-electron chi connectivity index (χ4n) is 4.63. The number of carbonyl (C=O) groups is 1. The lowest BCUT2D eigenvalue weighted by Crippen LogP contribution is -2.40. The minimum Gasteiger partial charge on any atom is -0.378 e. The Kier molecular flexibility index (Phi) is 5.97. The van der Waals surface area contributed by atoms with Gasteiger partial charge in [0.15, 0.2) is 0 Å². The number of ether oxygens (including phenoxy) is 1. The first-order chi connectivity index (χ1) is 14.8. The van der Waals surface area contributed by atoms with Gasteiger partial charge in [0.1, 0.15) is 0 Å². The Hall–Kier alpha value is -2.54. The van der Waals surface area contributed by atoms with E-state index in [1.165, 1.54) is 6.07 Å². The minimum absolute atomic E-state index is 0.208. The summed E-state index contributed by atoms with van der Waals surface area (Å²) in [4.78, 5) is 15.5. The van der Waals surface area contributed by atoms with Gasteiger partial charge < -0.3 is 15.0 Å². The van der Waals surface area contributed by atoms with Gasteiger partial charge in [0, 0.05) is 13.1 Å². The second kappa shape index (κ2) is 8.54. The highest BCUT2D eigenvalue weighted by Crippen LogP contribution is 2.43. The summed E-state index contributed by atoms with van der Waals surface area (Å²) < 4.78 is 45.6. The highest BCUT2D eigenvalue weighted by atomic mass is 19.4. The number of rotatable bonds is 4. The van der Waals surface area contributed by atoms with Gasteiger partial charge in [-0.25, -0.2) is 0 Å². The molecule has 2 aliphatic rings. The monoisotopic (exact) mass is 432 g/mol. The molecule has 1 aliphatic heterocycles. The van der Waals surface area contributed by atoms with Gasteiger partial charge in [-0.05, 0) is 43.5 Å². The summed E-state index contributed by atoms with van der Waals surface area (Å²) in [5.41, 5.74) is 1.35. The van der Waals surface area contributed by atoms with E-state index in [1.54, 1.807) is 0 Å². The third kappa shape index (κ3) is 4.42. The number of nitrogens with one attached hydrogen (secondary N) is 1. The number of amides is 1. The SMILES string of the molecule is Cc1ccc(C2(C(=O)Nc3cc(C(F)(F)F)ccc3N3CCOCC3)CCCC2)cc1. The van der Waals surface area contributed by atoms with E-state index in [1.807, 2.05) is 36.1 Å². The quantitative estimate of drug-likeness (QED) is 0.713. The molecule has 0 radical (unpaired) electrons. The molecule has 0 unspecified atom stereocenters. The van der Waals surface area contributed by atoms with Crippen LogP contribution in [0.15, 0.2) is 42.5 Å². The Bertz CT molecular complexity index is 929. The van der Waals surface area contributed by atoms with Crippen LogP contribution in [0.25, 0.3) is 0 Å². The van der Waals surface area contributed by atoms with Gasteiger partial charge in [-0.1, -0.05) is 42.7 Å². The van der Waals surface area contributed by atoms with Gasteiger partial charge in [-0.15, -0.1) is 0 Å². The standard InChI is InChI=1S/C24H27F3N2O2/c1-17-4-6-18(7-5-17)23(10-2-3-11-23)22(30)28-20-16-19(24(25,26)27)8-9-21(20)29-12-14-31-15-13-29/h4-9,16H,2-3,10-15H2,1H3,(H,28,30). The zero-order chi connectivity index (χ0) is 22.1. The van der Waals surface area contributed by atoms with Crippen molar-refractivity contribution >= 4 is 17.3 Å². The van der Waals surface area contributed by atoms with E-state index in [4.69, 9.17) is 4.74 Å². The van der Waals surface area contributed by atoms with Crippen LogP contribution in [0.3, 0.4) is 0 Å². The number of morpholine rings is 1. The summed E-state index contributed by atoms with van der Waals surface area (Å²) in [6.07, 6.45) is -1.27. The number of alkyl halides is 3. The molecule has 0 atom stereocenters. The van der Waals surface area contributed by atoms with Crippen LogP contribution in [0.5, 0.6) is 0 Å². The Balaban J connectivity index is 1.70. The molecular formula is C24H27F3N2O2. The van der Waals surface area contributed by atoms with Crippen molar-refractivity contribution in [2.45, 2.75) is 44.2 Å². The van der Waals surface area contributed by atoms with Crippen molar-refractivity contribution in [1.29, 1.82) is 0 Å². The van der Waals surface area contributed by atoms with Crippen LogP contribution < -0.4 is 10.2 Å². The van der Waals surface area contributed by atoms with E-state index < -0.39 is 17.2 Å². The molecule has 1 saturated heterocycles. The second-order valence-electron chi connectivity index (χ2n) is 8.44. The Labute approximate surface area is 180 Å². The Morgan fingerprint density at radius 2 is 1.68 bits per heavy atom. The lowest BCUT2D eigenvalue weighted by molar-refractivity contribution is -0.137. The molecule has 1 amide bonds. The third-order valence-corrected chi connectivity index (χ3v) is 6.42. The summed E-state index contributed by atoms with van der Waals surface area (Å²) in [5, 5.41) is 2.89. The van der Waals surface area contributed by atoms with Gasteiger partial charge >= 0.3 is 6.18 Å². The van der Waals surface area contributed by atoms with Crippen molar-refractivity contribution in [3.8, 4) is 0 Å². The van der Waals surface area contributed by atoms with Crippen molar-refractivity contribution in [2.75, 3.05) is 36.5 Å². The van der Waals surface area contributed by atoms with Crippen LogP contribution in [0.2, 0.25) is 0 Å². The van der Waals surface area contributed by atoms with E-state index in [9.17, 15) is 18.0 Å². The maximum Gasteiger partial charge on any atom is 0.416 e. The van der Waals surface area contributed by atoms with Crippen LogP contribution in [0, 0.1) is 6.92 Å². The lowest BCUT2D eigenvalue weighted by atomic mass is 9.77. The van der Waals surface area contributed by atoms with Gasteiger partial charge in [0.25, 0.3) is 0 Å². The lowest BCUT2D eigenvalue weighted by Gasteiger charge is -2.33. The van der Waals surface area contributed by atoms with Crippen molar-refractivity contribution < 1.29 is 22.7 Å². The molecule has 1 N–H and O–H groups in total. The van der Waals surface area contributed by atoms with Crippen molar-refractivity contribution in [3.05, 3.63) is 59.2 Å². The zero-order valence-electron chi connectivity index (χ0n) is 17.6. The van der Waals surface area contributed by atoms with Gasteiger partial charge in [-0.3, -0.25) is 4.79 Å². The molecule has 0 spiro atoms. The average Bonchev–Trinajstić information content (AvgIpc) is 3.25. The molecule has 7 heteroatoms. The number of carbonyl (C=O) groups excluding carboxylic acids is 1. The van der Waals surface area contributed by atoms with Crippen molar-refractivity contribution in [3.63, 3.8) is 0 Å². The van der Waals surface area contributed by atoms with Crippen LogP contribution in [0.1, 0.15) is 42.4 Å². The summed E-state index contributed by atoms with van der Waals surface area (Å²) in [5.74, 6) is -0.234.